The quantitative estimate of drug-likeness (QED) is 0.723. The summed E-state index contributed by atoms with van der Waals surface area (Å²) >= 11 is 1.36. The molecule has 1 rings (SSSR count). The average molecular weight is 246 g/mol. The maximum atomic E-state index is 13.3. The molecule has 0 spiro atoms. The minimum Gasteiger partial charge on any atom is -0.490 e. The van der Waals surface area contributed by atoms with Crippen LogP contribution in [-0.2, 0) is 0 Å². The van der Waals surface area contributed by atoms with Crippen LogP contribution < -0.4 is 4.74 Å². The minimum absolute atomic E-state index is 0.00463. The lowest BCUT2D eigenvalue weighted by molar-refractivity contribution is 0.271. The lowest BCUT2D eigenvalue weighted by Crippen LogP contribution is -2.03. The van der Waals surface area contributed by atoms with Crippen LogP contribution in [0.1, 0.15) is 20.3 Å². The van der Waals surface area contributed by atoms with E-state index in [2.05, 4.69) is 13.8 Å². The van der Waals surface area contributed by atoms with E-state index in [1.807, 2.05) is 6.26 Å². The lowest BCUT2D eigenvalue weighted by atomic mass is 10.1. The summed E-state index contributed by atoms with van der Waals surface area (Å²) in [7, 11) is 0. The zero-order valence-electron chi connectivity index (χ0n) is 9.72. The van der Waals surface area contributed by atoms with E-state index in [-0.39, 0.29) is 5.75 Å². The average Bonchev–Trinajstić information content (AvgIpc) is 2.23. The van der Waals surface area contributed by atoms with Crippen molar-refractivity contribution in [3.8, 4) is 5.75 Å². The maximum absolute atomic E-state index is 13.3. The molecule has 0 bridgehead atoms. The molecule has 90 valence electrons. The van der Waals surface area contributed by atoms with E-state index in [0.717, 1.165) is 6.42 Å². The standard InChI is InChI=1S/C12H16F2OS/c1-8(2)4-5-15-11-7-9(16-3)6-10(13)12(11)14/h6-8H,4-5H2,1-3H3. The second-order valence-corrected chi connectivity index (χ2v) is 4.83. The van der Waals surface area contributed by atoms with Crippen molar-refractivity contribution in [1.82, 2.24) is 0 Å². The summed E-state index contributed by atoms with van der Waals surface area (Å²) in [6, 6.07) is 2.71. The summed E-state index contributed by atoms with van der Waals surface area (Å²) in [6.45, 7) is 4.52. The molecule has 0 radical (unpaired) electrons. The summed E-state index contributed by atoms with van der Waals surface area (Å²) in [5.74, 6) is -1.27. The molecule has 1 aromatic rings. The molecule has 0 amide bonds. The van der Waals surface area contributed by atoms with E-state index in [4.69, 9.17) is 4.74 Å². The fraction of sp³-hybridized carbons (Fsp3) is 0.500. The van der Waals surface area contributed by atoms with E-state index in [1.54, 1.807) is 0 Å². The van der Waals surface area contributed by atoms with Gasteiger partial charge < -0.3 is 4.74 Å². The van der Waals surface area contributed by atoms with Crippen molar-refractivity contribution < 1.29 is 13.5 Å². The number of hydrogen-bond donors (Lipinski definition) is 0. The van der Waals surface area contributed by atoms with Crippen LogP contribution in [0.3, 0.4) is 0 Å². The van der Waals surface area contributed by atoms with Crippen molar-refractivity contribution in [3.63, 3.8) is 0 Å². The van der Waals surface area contributed by atoms with E-state index in [0.29, 0.717) is 17.4 Å². The van der Waals surface area contributed by atoms with Crippen molar-refractivity contribution in [1.29, 1.82) is 0 Å². The molecule has 0 unspecified atom stereocenters. The van der Waals surface area contributed by atoms with Gasteiger partial charge in [0, 0.05) is 4.90 Å². The molecule has 0 aliphatic rings. The number of ether oxygens (including phenoxy) is 1. The summed E-state index contributed by atoms with van der Waals surface area (Å²) in [5, 5.41) is 0. The van der Waals surface area contributed by atoms with Gasteiger partial charge in [0.25, 0.3) is 0 Å². The molecule has 4 heteroatoms. The van der Waals surface area contributed by atoms with Gasteiger partial charge in [-0.05, 0) is 30.7 Å². The Bertz CT molecular complexity index is 353. The number of benzene rings is 1. The Morgan fingerprint density at radius 3 is 2.56 bits per heavy atom. The molecule has 1 nitrogen and oxygen atoms in total. The summed E-state index contributed by atoms with van der Waals surface area (Å²) in [6.07, 6.45) is 2.63. The van der Waals surface area contributed by atoms with Gasteiger partial charge in [-0.25, -0.2) is 4.39 Å². The predicted molar refractivity (Wildman–Crippen MR) is 63.1 cm³/mol. The zero-order valence-corrected chi connectivity index (χ0v) is 10.5. The van der Waals surface area contributed by atoms with E-state index in [1.165, 1.54) is 23.9 Å². The number of rotatable bonds is 5. The fourth-order valence-electron chi connectivity index (χ4n) is 1.17. The van der Waals surface area contributed by atoms with Crippen LogP contribution in [0.25, 0.3) is 0 Å². The Labute approximate surface area is 99.2 Å². The van der Waals surface area contributed by atoms with Gasteiger partial charge in [-0.1, -0.05) is 13.8 Å². The third-order valence-electron chi connectivity index (χ3n) is 2.16. The van der Waals surface area contributed by atoms with Gasteiger partial charge >= 0.3 is 0 Å². The number of hydrogen-bond acceptors (Lipinski definition) is 2. The van der Waals surface area contributed by atoms with Crippen molar-refractivity contribution >= 4 is 11.8 Å². The van der Waals surface area contributed by atoms with Crippen molar-refractivity contribution in [2.24, 2.45) is 5.92 Å². The van der Waals surface area contributed by atoms with Gasteiger partial charge in [0.2, 0.25) is 5.82 Å². The summed E-state index contributed by atoms with van der Waals surface area (Å²) in [5.41, 5.74) is 0. The lowest BCUT2D eigenvalue weighted by Gasteiger charge is -2.10. The van der Waals surface area contributed by atoms with Gasteiger partial charge in [-0.3, -0.25) is 0 Å². The highest BCUT2D eigenvalue weighted by Gasteiger charge is 2.11. The van der Waals surface area contributed by atoms with Gasteiger partial charge in [0.05, 0.1) is 6.61 Å². The van der Waals surface area contributed by atoms with Gasteiger partial charge in [-0.2, -0.15) is 4.39 Å². The van der Waals surface area contributed by atoms with Crippen molar-refractivity contribution in [2.75, 3.05) is 12.9 Å². The Hall–Kier alpha value is -0.770. The molecule has 16 heavy (non-hydrogen) atoms. The number of halogens is 2. The smallest absolute Gasteiger partial charge is 0.200 e. The number of thioether (sulfide) groups is 1. The second kappa shape index (κ2) is 6.09. The monoisotopic (exact) mass is 246 g/mol. The van der Waals surface area contributed by atoms with E-state index >= 15 is 0 Å². The first-order valence-electron chi connectivity index (χ1n) is 5.20. The Morgan fingerprint density at radius 2 is 2.00 bits per heavy atom. The van der Waals surface area contributed by atoms with Crippen LogP contribution in [0, 0.1) is 17.6 Å². The highest BCUT2D eigenvalue weighted by Crippen LogP contribution is 2.27. The Balaban J connectivity index is 2.74. The molecule has 0 aliphatic heterocycles. The Kier molecular flexibility index (Phi) is 5.06. The van der Waals surface area contributed by atoms with Gasteiger partial charge in [-0.15, -0.1) is 11.8 Å². The molecule has 1 aromatic carbocycles. The first kappa shape index (κ1) is 13.3. The van der Waals surface area contributed by atoms with Crippen LogP contribution in [0.2, 0.25) is 0 Å². The zero-order chi connectivity index (χ0) is 12.1. The molecule has 0 fully saturated rings. The fourth-order valence-corrected chi connectivity index (χ4v) is 1.61. The van der Waals surface area contributed by atoms with Crippen LogP contribution in [-0.4, -0.2) is 12.9 Å². The first-order valence-corrected chi connectivity index (χ1v) is 6.43. The predicted octanol–water partition coefficient (Wildman–Crippen LogP) is 4.11. The third-order valence-corrected chi connectivity index (χ3v) is 2.86. The van der Waals surface area contributed by atoms with Crippen LogP contribution in [0.15, 0.2) is 17.0 Å². The summed E-state index contributed by atoms with van der Waals surface area (Å²) < 4.78 is 31.7. The molecule has 0 saturated heterocycles. The molecule has 0 atom stereocenters. The van der Waals surface area contributed by atoms with Crippen LogP contribution in [0.5, 0.6) is 5.75 Å². The molecule has 0 aliphatic carbocycles. The third kappa shape index (κ3) is 3.67. The van der Waals surface area contributed by atoms with E-state index < -0.39 is 11.6 Å². The topological polar surface area (TPSA) is 9.23 Å². The Morgan fingerprint density at radius 1 is 1.31 bits per heavy atom. The normalized spacial score (nSPS) is 10.9. The molecule has 0 aromatic heterocycles. The van der Waals surface area contributed by atoms with Crippen molar-refractivity contribution in [2.45, 2.75) is 25.2 Å². The highest BCUT2D eigenvalue weighted by molar-refractivity contribution is 7.98. The van der Waals surface area contributed by atoms with Crippen molar-refractivity contribution in [3.05, 3.63) is 23.8 Å². The minimum atomic E-state index is -0.901. The molecule has 0 saturated carbocycles. The van der Waals surface area contributed by atoms with Crippen LogP contribution in [0.4, 0.5) is 8.78 Å². The first-order chi connectivity index (χ1) is 7.54. The summed E-state index contributed by atoms with van der Waals surface area (Å²) in [4.78, 5) is 0.665. The molecule has 0 N–H and O–H groups in total. The SMILES string of the molecule is CSc1cc(F)c(F)c(OCCC(C)C)c1. The van der Waals surface area contributed by atoms with E-state index in [9.17, 15) is 8.78 Å². The van der Waals surface area contributed by atoms with Crippen LogP contribution >= 0.6 is 11.8 Å². The van der Waals surface area contributed by atoms with Gasteiger partial charge in [0.15, 0.2) is 11.6 Å². The highest BCUT2D eigenvalue weighted by atomic mass is 32.2. The molecular formula is C12H16F2OS. The largest absolute Gasteiger partial charge is 0.490 e. The molecular weight excluding hydrogens is 230 g/mol. The second-order valence-electron chi connectivity index (χ2n) is 3.95. The molecule has 0 heterocycles. The maximum Gasteiger partial charge on any atom is 0.200 e. The van der Waals surface area contributed by atoms with Gasteiger partial charge in [0.1, 0.15) is 0 Å².